The van der Waals surface area contributed by atoms with Crippen LogP contribution in [0, 0.1) is 0 Å². The van der Waals surface area contributed by atoms with Crippen molar-refractivity contribution < 1.29 is 45.2 Å². The Morgan fingerprint density at radius 3 is 1.23 bits per heavy atom. The van der Waals surface area contributed by atoms with Gasteiger partial charge < -0.3 is 24.8 Å². The molecule has 0 aliphatic rings. The monoisotopic (exact) mass is 235 g/mol. The molecule has 0 heterocycles. The molecule has 0 aliphatic carbocycles. The molecule has 0 bridgehead atoms. The minimum absolute atomic E-state index is 0. The number of hydrogen-bond donors (Lipinski definition) is 0. The predicted octanol–water partition coefficient (Wildman–Crippen LogP) is -0.836. The van der Waals surface area contributed by atoms with E-state index < -0.39 is 21.8 Å². The zero-order chi connectivity index (χ0) is 10.2. The molecule has 0 aliphatic heterocycles. The van der Waals surface area contributed by atoms with Crippen molar-refractivity contribution in [3.8, 4) is 0 Å². The van der Waals surface area contributed by atoms with Crippen LogP contribution in [0.15, 0.2) is 0 Å². The Bertz CT molecular complexity index is 173. The van der Waals surface area contributed by atoms with Crippen molar-refractivity contribution in [1.29, 1.82) is 0 Å². The average Bonchev–Trinajstić information content (AvgIpc) is 1.49. The zero-order valence-corrected chi connectivity index (χ0v) is 7.66. The van der Waals surface area contributed by atoms with Gasteiger partial charge in [-0.15, -0.1) is 26.3 Å². The Balaban J connectivity index is 0. The van der Waals surface area contributed by atoms with Crippen LogP contribution in [0.3, 0.4) is 0 Å². The molecule has 0 fully saturated rings. The van der Waals surface area contributed by atoms with Crippen molar-refractivity contribution in [2.24, 2.45) is 0 Å². The summed E-state index contributed by atoms with van der Waals surface area (Å²) in [6.07, 6.45) is -11.2. The second-order valence-corrected chi connectivity index (χ2v) is 2.57. The maximum absolute atomic E-state index is 11.5. The quantitative estimate of drug-likeness (QED) is 0.177. The smallest absolute Gasteiger partial charge is 0.411 e. The van der Waals surface area contributed by atoms with E-state index in [0.717, 1.165) is 0 Å². The normalized spacial score (nSPS) is 11.8. The Hall–Kier alpha value is 0.287. The molecular weight excluding hydrogens is 235 g/mol. The largest absolute Gasteiger partial charge is 1.00 e. The summed E-state index contributed by atoms with van der Waals surface area (Å²) in [5.74, 6) is 0. The maximum Gasteiger partial charge on any atom is 1.00 e. The number of halogens is 6. The predicted molar refractivity (Wildman–Crippen MR) is 33.9 cm³/mol. The van der Waals surface area contributed by atoms with E-state index in [1.807, 2.05) is 0 Å². The summed E-state index contributed by atoms with van der Waals surface area (Å²) in [4.78, 5) is -1.91. The van der Waals surface area contributed by atoms with Crippen LogP contribution in [0.4, 0.5) is 26.3 Å². The van der Waals surface area contributed by atoms with Crippen molar-refractivity contribution >= 4 is 29.2 Å². The summed E-state index contributed by atoms with van der Waals surface area (Å²) in [7, 11) is 0. The molecule has 0 amide bonds. The van der Waals surface area contributed by atoms with Gasteiger partial charge >= 0.3 is 31.5 Å². The van der Waals surface area contributed by atoms with Crippen LogP contribution >= 0.6 is 12.2 Å². The van der Waals surface area contributed by atoms with Crippen molar-refractivity contribution in [2.45, 2.75) is 12.6 Å². The van der Waals surface area contributed by atoms with E-state index in [1.54, 1.807) is 0 Å². The standard InChI is InChI=1S/C3HF6NS2.Li/c4-2(5,6)10(1(11)12)3(7,8)9;/h(H,11,12);/q;+1/p-1. The Morgan fingerprint density at radius 2 is 1.23 bits per heavy atom. The molecule has 0 saturated carbocycles. The fourth-order valence-electron chi connectivity index (χ4n) is 0.351. The number of nitrogens with zero attached hydrogens (tertiary/aromatic N) is 1. The van der Waals surface area contributed by atoms with Crippen LogP contribution in [-0.4, -0.2) is 21.8 Å². The van der Waals surface area contributed by atoms with Gasteiger partial charge in [0.1, 0.15) is 0 Å². The number of hydrogen-bond acceptors (Lipinski definition) is 2. The average molecular weight is 235 g/mol. The first-order valence-electron chi connectivity index (χ1n) is 2.21. The van der Waals surface area contributed by atoms with Gasteiger partial charge in [-0.3, -0.25) is 0 Å². The fraction of sp³-hybridized carbons (Fsp3) is 0.667. The van der Waals surface area contributed by atoms with Crippen molar-refractivity contribution in [3.63, 3.8) is 0 Å². The maximum atomic E-state index is 11.5. The minimum atomic E-state index is -5.61. The molecule has 0 radical (unpaired) electrons. The summed E-state index contributed by atoms with van der Waals surface area (Å²) in [6.45, 7) is 0. The van der Waals surface area contributed by atoms with E-state index in [4.69, 9.17) is 0 Å². The first-order chi connectivity index (χ1) is 5.07. The summed E-state index contributed by atoms with van der Waals surface area (Å²) in [5, 5.41) is 0. The van der Waals surface area contributed by atoms with E-state index >= 15 is 0 Å². The van der Waals surface area contributed by atoms with Gasteiger partial charge in [0.05, 0.1) is 0 Å². The SMILES string of the molecule is FC(F)(F)N(C(=S)[S-])C(F)(F)F.[Li+]. The Labute approximate surface area is 92.0 Å². The van der Waals surface area contributed by atoms with Crippen LogP contribution in [-0.2, 0) is 12.6 Å². The molecular formula is C3F6LiNS2. The molecule has 0 N–H and O–H groups in total. The van der Waals surface area contributed by atoms with E-state index in [9.17, 15) is 26.3 Å². The van der Waals surface area contributed by atoms with Crippen molar-refractivity contribution in [2.75, 3.05) is 0 Å². The molecule has 0 spiro atoms. The number of thiocarbonyl (C=S) groups is 1. The van der Waals surface area contributed by atoms with Crippen LogP contribution in [0.5, 0.6) is 0 Å². The molecule has 1 nitrogen and oxygen atoms in total. The molecule has 0 aromatic heterocycles. The first kappa shape index (κ1) is 15.7. The summed E-state index contributed by atoms with van der Waals surface area (Å²) in [6, 6.07) is 0. The summed E-state index contributed by atoms with van der Waals surface area (Å²) >= 11 is 7.23. The summed E-state index contributed by atoms with van der Waals surface area (Å²) < 4.78 is 67.4. The molecule has 0 rings (SSSR count). The van der Waals surface area contributed by atoms with E-state index in [0.29, 0.717) is 0 Å². The number of alkyl halides is 6. The third kappa shape index (κ3) is 4.90. The van der Waals surface area contributed by atoms with E-state index in [1.165, 1.54) is 0 Å². The molecule has 13 heavy (non-hydrogen) atoms. The van der Waals surface area contributed by atoms with Crippen LogP contribution in [0.25, 0.3) is 0 Å². The Kier molecular flexibility index (Phi) is 5.67. The zero-order valence-electron chi connectivity index (χ0n) is 6.03. The molecule has 10 heteroatoms. The van der Waals surface area contributed by atoms with Crippen molar-refractivity contribution in [1.82, 2.24) is 4.90 Å². The molecule has 0 unspecified atom stereocenters. The van der Waals surface area contributed by atoms with Crippen molar-refractivity contribution in [3.05, 3.63) is 0 Å². The van der Waals surface area contributed by atoms with E-state index in [2.05, 4.69) is 24.8 Å². The van der Waals surface area contributed by atoms with Gasteiger partial charge in [0.15, 0.2) is 0 Å². The van der Waals surface area contributed by atoms with Gasteiger partial charge in [-0.25, -0.2) is 4.90 Å². The van der Waals surface area contributed by atoms with Crippen LogP contribution < -0.4 is 18.9 Å². The molecule has 0 atom stereocenters. The fourth-order valence-corrected chi connectivity index (χ4v) is 0.765. The molecule has 0 aromatic carbocycles. The minimum Gasteiger partial charge on any atom is -0.411 e. The van der Waals surface area contributed by atoms with Gasteiger partial charge in [-0.05, 0) is 4.32 Å². The summed E-state index contributed by atoms with van der Waals surface area (Å²) in [5.41, 5.74) is 0. The van der Waals surface area contributed by atoms with Crippen LogP contribution in [0.1, 0.15) is 0 Å². The molecule has 0 aromatic rings. The second-order valence-electron chi connectivity index (χ2n) is 1.54. The van der Waals surface area contributed by atoms with Gasteiger partial charge in [0, 0.05) is 0 Å². The van der Waals surface area contributed by atoms with Gasteiger partial charge in [-0.2, -0.15) is 0 Å². The molecule has 0 saturated heterocycles. The van der Waals surface area contributed by atoms with Gasteiger partial charge in [0.25, 0.3) is 0 Å². The first-order valence-corrected chi connectivity index (χ1v) is 3.03. The van der Waals surface area contributed by atoms with E-state index in [-0.39, 0.29) is 18.9 Å². The third-order valence-corrected chi connectivity index (χ3v) is 1.05. The molecule has 72 valence electrons. The van der Waals surface area contributed by atoms with Crippen LogP contribution in [0.2, 0.25) is 0 Å². The second kappa shape index (κ2) is 4.68. The number of rotatable bonds is 0. The Morgan fingerprint density at radius 1 is 1.00 bits per heavy atom. The topological polar surface area (TPSA) is 3.24 Å². The van der Waals surface area contributed by atoms with Gasteiger partial charge in [-0.1, -0.05) is 0 Å². The third-order valence-electron chi connectivity index (χ3n) is 0.690. The van der Waals surface area contributed by atoms with Gasteiger partial charge in [0.2, 0.25) is 0 Å².